The number of fused-ring (bicyclic) bond motifs is 4. The molecular formula is C60H65F4N13O6. The highest BCUT2D eigenvalue weighted by Gasteiger charge is 2.49. The van der Waals surface area contributed by atoms with Crippen LogP contribution >= 0.6 is 0 Å². The van der Waals surface area contributed by atoms with Crippen molar-refractivity contribution in [1.82, 2.24) is 60.5 Å². The van der Waals surface area contributed by atoms with E-state index in [0.29, 0.717) is 80.9 Å². The second-order valence-electron chi connectivity index (χ2n) is 22.6. The molecule has 3 aromatic heterocycles. The van der Waals surface area contributed by atoms with Crippen molar-refractivity contribution in [2.45, 2.75) is 115 Å². The van der Waals surface area contributed by atoms with Crippen LogP contribution in [0.15, 0.2) is 90.6 Å². The molecule has 2 bridgehead atoms. The highest BCUT2D eigenvalue weighted by Crippen LogP contribution is 2.55. The van der Waals surface area contributed by atoms with Crippen molar-refractivity contribution in [2.75, 3.05) is 46.5 Å². The predicted molar refractivity (Wildman–Crippen MR) is 299 cm³/mol. The number of carbonyl (C=O) groups is 2. The number of hydrogen-bond acceptors (Lipinski definition) is 15. The van der Waals surface area contributed by atoms with Gasteiger partial charge < -0.3 is 39.8 Å². The molecule has 0 radical (unpaired) electrons. The fourth-order valence-electron chi connectivity index (χ4n) is 12.6. The molecule has 7 aromatic rings. The lowest BCUT2D eigenvalue weighted by Crippen LogP contribution is -2.52. The van der Waals surface area contributed by atoms with Gasteiger partial charge in [0.1, 0.15) is 54.5 Å². The summed E-state index contributed by atoms with van der Waals surface area (Å²) >= 11 is 0. The minimum absolute atomic E-state index is 0.0194. The van der Waals surface area contributed by atoms with Gasteiger partial charge >= 0.3 is 6.18 Å². The number of aryl methyl sites for hydroxylation is 1. The number of aromatic amines is 1. The number of nitrogens with one attached hydrogen (secondary N) is 3. The van der Waals surface area contributed by atoms with Crippen LogP contribution in [0.2, 0.25) is 0 Å². The minimum atomic E-state index is -4.94. The van der Waals surface area contributed by atoms with Crippen LogP contribution in [0.4, 0.5) is 23.2 Å². The van der Waals surface area contributed by atoms with Gasteiger partial charge in [-0.05, 0) is 73.4 Å². The zero-order valence-electron chi connectivity index (χ0n) is 46.7. The molecule has 4 saturated heterocycles. The number of aliphatic imine (C=N–C) groups is 1. The summed E-state index contributed by atoms with van der Waals surface area (Å²) < 4.78 is 84.7. The molecule has 8 heterocycles. The lowest BCUT2D eigenvalue weighted by atomic mass is 9.88. The SMILES string of the molecule is Cc1cncnc1-c1ccc([C@H](CO)NC(=O)[C@@H]2CCCN2C(=O)[C@H](C(C)C)n2cc(-c3ccc(COc4c5c(cc(C(F)(F)F)c4-c4c(C)c(F)cc6[nH]ncc46)C(N4C[C@@H]6C[C@H]4CN6)N(C)C(OC4CCOCC4)=N5)cc3)nn2)cc1. The van der Waals surface area contributed by atoms with E-state index in [4.69, 9.17) is 19.2 Å². The van der Waals surface area contributed by atoms with E-state index in [0.717, 1.165) is 29.3 Å². The Morgan fingerprint density at radius 2 is 1.76 bits per heavy atom. The Morgan fingerprint density at radius 3 is 2.46 bits per heavy atom. The Bertz CT molecular complexity index is 3590. The highest BCUT2D eigenvalue weighted by atomic mass is 19.4. The second kappa shape index (κ2) is 22.7. The maximum Gasteiger partial charge on any atom is 0.417 e. The summed E-state index contributed by atoms with van der Waals surface area (Å²) in [6, 6.07) is 15.1. The van der Waals surface area contributed by atoms with E-state index in [1.165, 1.54) is 30.2 Å². The summed E-state index contributed by atoms with van der Waals surface area (Å²) in [6.07, 6.45) is 3.47. The van der Waals surface area contributed by atoms with Crippen molar-refractivity contribution in [3.05, 3.63) is 125 Å². The molecular weight excluding hydrogens is 1070 g/mol. The first-order chi connectivity index (χ1) is 40.0. The first-order valence-electron chi connectivity index (χ1n) is 28.2. The Morgan fingerprint density at radius 1 is 0.988 bits per heavy atom. The zero-order chi connectivity index (χ0) is 57.8. The van der Waals surface area contributed by atoms with Crippen molar-refractivity contribution >= 4 is 34.4 Å². The van der Waals surface area contributed by atoms with Crippen LogP contribution in [0.5, 0.6) is 5.75 Å². The highest BCUT2D eigenvalue weighted by molar-refractivity contribution is 6.01. The van der Waals surface area contributed by atoms with Crippen molar-refractivity contribution in [3.63, 3.8) is 0 Å². The molecule has 2 amide bonds. The van der Waals surface area contributed by atoms with E-state index in [-0.39, 0.29) is 99.7 Å². The topological polar surface area (TPSA) is 213 Å². The summed E-state index contributed by atoms with van der Waals surface area (Å²) in [5.41, 5.74) is 4.18. The number of alkyl halides is 3. The molecule has 4 fully saturated rings. The van der Waals surface area contributed by atoms with Gasteiger partial charge in [0, 0.05) is 91.0 Å². The molecule has 12 rings (SSSR count). The largest absolute Gasteiger partial charge is 0.486 e. The van der Waals surface area contributed by atoms with Crippen molar-refractivity contribution < 1.29 is 46.5 Å². The lowest BCUT2D eigenvalue weighted by Gasteiger charge is -2.44. The zero-order valence-corrected chi connectivity index (χ0v) is 46.7. The summed E-state index contributed by atoms with van der Waals surface area (Å²) in [5, 5.41) is 33.0. The minimum Gasteiger partial charge on any atom is -0.486 e. The standard InChI is InChI=1S/C60H65F4N13O6/c1-32(2)54(58(80)75-18-6-7-49(75)56(79)69-48(29-78)37-12-14-38(15-13-37)52-33(3)24-65-31-67-52)77-28-47(72-73-77)36-10-8-35(9-11-36)30-82-55-51(50-34(4)45(61)23-46-43(50)26-68-71-46)44(60(62,63)64)22-42-53(55)70-59(83-41-16-19-81-20-17-41)74(5)57(42)76-27-39-21-40(76)25-66-39/h8-15,22-24,26,28,31-32,39-41,48-49,54,57,66,78H,6-7,16-21,25,27,29-30H2,1-5H3,(H,68,71)(H,69,79)/t39-,40-,48-,49-,54-,57?/m0/s1. The van der Waals surface area contributed by atoms with E-state index in [1.807, 2.05) is 49.9 Å². The average Bonchev–Trinajstić information content (AvgIpc) is 4.43. The van der Waals surface area contributed by atoms with Gasteiger partial charge in [-0.2, -0.15) is 23.3 Å². The summed E-state index contributed by atoms with van der Waals surface area (Å²) in [6.45, 7) is 9.20. The number of nitrogens with zero attached hydrogens (tertiary/aromatic N) is 10. The van der Waals surface area contributed by atoms with Crippen LogP contribution in [0.3, 0.4) is 0 Å². The number of aliphatic hydroxyl groups is 1. The number of halogens is 4. The Hall–Kier alpha value is -7.86. The molecule has 0 saturated carbocycles. The maximum atomic E-state index is 16.0. The number of piperazine rings is 1. The molecule has 23 heteroatoms. The maximum absolute atomic E-state index is 16.0. The number of carbonyl (C=O) groups excluding carboxylic acids is 2. The first-order valence-corrected chi connectivity index (χ1v) is 28.2. The van der Waals surface area contributed by atoms with E-state index < -0.39 is 41.8 Å². The summed E-state index contributed by atoms with van der Waals surface area (Å²) in [4.78, 5) is 47.7. The molecule has 4 N–H and O–H groups in total. The van der Waals surface area contributed by atoms with E-state index in [2.05, 4.69) is 46.0 Å². The quantitative estimate of drug-likeness (QED) is 0.0709. The van der Waals surface area contributed by atoms with Crippen LogP contribution in [0.25, 0.3) is 44.5 Å². The number of aliphatic hydroxyl groups excluding tert-OH is 1. The number of rotatable bonds is 15. The fraction of sp³-hybridized carbons (Fsp3) is 0.433. The number of ether oxygens (including phenoxy) is 3. The summed E-state index contributed by atoms with van der Waals surface area (Å²) in [5.74, 6) is -1.83. The Labute approximate surface area is 476 Å². The monoisotopic (exact) mass is 1140 g/mol. The predicted octanol–water partition coefficient (Wildman–Crippen LogP) is 8.51. The van der Waals surface area contributed by atoms with Crippen molar-refractivity contribution in [1.29, 1.82) is 0 Å². The Kier molecular flexibility index (Phi) is 15.2. The first kappa shape index (κ1) is 55.7. The van der Waals surface area contributed by atoms with Gasteiger partial charge in [-0.15, -0.1) is 5.10 Å². The van der Waals surface area contributed by atoms with E-state index >= 15 is 17.6 Å². The number of aromatic nitrogens is 7. The van der Waals surface area contributed by atoms with Crippen molar-refractivity contribution in [3.8, 4) is 39.4 Å². The van der Waals surface area contributed by atoms with Gasteiger partial charge in [0.15, 0.2) is 5.75 Å². The molecule has 4 aromatic carbocycles. The van der Waals surface area contributed by atoms with Gasteiger partial charge in [-0.3, -0.25) is 19.6 Å². The third kappa shape index (κ3) is 10.7. The average molecular weight is 1140 g/mol. The molecule has 434 valence electrons. The van der Waals surface area contributed by atoms with E-state index in [1.54, 1.807) is 48.6 Å². The fourth-order valence-corrected chi connectivity index (χ4v) is 12.6. The smallest absolute Gasteiger partial charge is 0.417 e. The Balaban J connectivity index is 0.827. The van der Waals surface area contributed by atoms with Crippen LogP contribution in [-0.4, -0.2) is 144 Å². The second-order valence-corrected chi connectivity index (χ2v) is 22.6. The van der Waals surface area contributed by atoms with Gasteiger partial charge in [-0.1, -0.05) is 67.6 Å². The molecule has 6 atom stereocenters. The number of likely N-dealkylation sites (tertiary alicyclic amines) is 2. The van der Waals surface area contributed by atoms with Gasteiger partial charge in [0.25, 0.3) is 6.02 Å². The number of benzene rings is 4. The molecule has 19 nitrogen and oxygen atoms in total. The third-order valence-corrected chi connectivity index (χ3v) is 16.9. The number of hydrogen-bond donors (Lipinski definition) is 4. The van der Waals surface area contributed by atoms with Gasteiger partial charge in [-0.25, -0.2) is 19.0 Å². The molecule has 5 aliphatic heterocycles. The van der Waals surface area contributed by atoms with E-state index in [9.17, 15) is 14.7 Å². The van der Waals surface area contributed by atoms with Crippen LogP contribution < -0.4 is 15.4 Å². The molecule has 1 unspecified atom stereocenters. The lowest BCUT2D eigenvalue weighted by molar-refractivity contribution is -0.142. The van der Waals surface area contributed by atoms with Gasteiger partial charge in [0.05, 0.1) is 55.0 Å². The molecule has 83 heavy (non-hydrogen) atoms. The molecule has 0 spiro atoms. The van der Waals surface area contributed by atoms with Crippen LogP contribution in [-0.2, 0) is 31.8 Å². The number of amides is 2. The summed E-state index contributed by atoms with van der Waals surface area (Å²) in [7, 11) is 1.80. The molecule has 0 aliphatic carbocycles. The van der Waals surface area contributed by atoms with Crippen LogP contribution in [0, 0.1) is 25.6 Å². The number of H-pyrrole nitrogens is 1. The van der Waals surface area contributed by atoms with Gasteiger partial charge in [0.2, 0.25) is 11.8 Å². The molecule has 5 aliphatic rings. The normalized spacial score (nSPS) is 20.9. The number of amidine groups is 1. The third-order valence-electron chi connectivity index (χ3n) is 16.9. The van der Waals surface area contributed by atoms with Crippen molar-refractivity contribution in [2.24, 2.45) is 10.9 Å². The van der Waals surface area contributed by atoms with Crippen LogP contribution in [0.1, 0.15) is 97.6 Å².